The summed E-state index contributed by atoms with van der Waals surface area (Å²) in [5, 5.41) is 11.6. The van der Waals surface area contributed by atoms with Gasteiger partial charge in [0.1, 0.15) is 12.6 Å². The summed E-state index contributed by atoms with van der Waals surface area (Å²) in [6, 6.07) is -0.737. The SMILES string of the molecule is CC/C=C/C=C/C=C/C=C/C=C/CCCC(=O)OCC(COCCC(C(=O)[O-])[N+](C)(C)C)OC(=O)CCCCCCCCCCCCCCCCCCCCCCCC. The molecule has 0 aromatic heterocycles. The van der Waals surface area contributed by atoms with Crippen LogP contribution in [0.25, 0.3) is 0 Å². The molecule has 0 aliphatic heterocycles. The van der Waals surface area contributed by atoms with Gasteiger partial charge >= 0.3 is 11.9 Å². The van der Waals surface area contributed by atoms with Crippen LogP contribution in [0.2, 0.25) is 0 Å². The fourth-order valence-corrected chi connectivity index (χ4v) is 6.87. The van der Waals surface area contributed by atoms with E-state index in [2.05, 4.69) is 19.9 Å². The van der Waals surface area contributed by atoms with E-state index < -0.39 is 18.1 Å². The fraction of sp³-hybridized carbons (Fsp3) is 0.745. The second-order valence-corrected chi connectivity index (χ2v) is 17.1. The van der Waals surface area contributed by atoms with Gasteiger partial charge in [-0.3, -0.25) is 9.59 Å². The second-order valence-electron chi connectivity index (χ2n) is 17.1. The number of hydrogen-bond donors (Lipinski definition) is 0. The molecule has 0 aliphatic rings. The lowest BCUT2D eigenvalue weighted by molar-refractivity contribution is -0.889. The molecule has 0 fully saturated rings. The molecule has 340 valence electrons. The Hall–Kier alpha value is -2.97. The maximum atomic E-state index is 12.7. The van der Waals surface area contributed by atoms with Crippen molar-refractivity contribution in [3.8, 4) is 0 Å². The summed E-state index contributed by atoms with van der Waals surface area (Å²) in [5.41, 5.74) is 0. The van der Waals surface area contributed by atoms with Gasteiger partial charge < -0.3 is 28.6 Å². The Morgan fingerprint density at radius 1 is 0.525 bits per heavy atom. The number of hydrogen-bond acceptors (Lipinski definition) is 7. The molecule has 8 nitrogen and oxygen atoms in total. The predicted octanol–water partition coefficient (Wildman–Crippen LogP) is 12.0. The van der Waals surface area contributed by atoms with Crippen LogP contribution in [0.3, 0.4) is 0 Å². The molecule has 0 saturated heterocycles. The summed E-state index contributed by atoms with van der Waals surface area (Å²) in [5.74, 6) is -1.83. The molecule has 0 saturated carbocycles. The summed E-state index contributed by atoms with van der Waals surface area (Å²) in [6.07, 6.45) is 51.3. The number of rotatable bonds is 42. The second kappa shape index (κ2) is 41.8. The van der Waals surface area contributed by atoms with Gasteiger partial charge in [-0.25, -0.2) is 0 Å². The van der Waals surface area contributed by atoms with Gasteiger partial charge in [-0.05, 0) is 25.7 Å². The molecular formula is C51H89NO7. The first-order valence-electron chi connectivity index (χ1n) is 23.9. The molecular weight excluding hydrogens is 739 g/mol. The van der Waals surface area contributed by atoms with Crippen molar-refractivity contribution in [1.82, 2.24) is 0 Å². The summed E-state index contributed by atoms with van der Waals surface area (Å²) < 4.78 is 17.1. The third-order valence-electron chi connectivity index (χ3n) is 10.5. The summed E-state index contributed by atoms with van der Waals surface area (Å²) in [6.45, 7) is 4.45. The number of esters is 2. The van der Waals surface area contributed by atoms with Gasteiger partial charge in [-0.1, -0.05) is 209 Å². The van der Waals surface area contributed by atoms with Crippen molar-refractivity contribution in [2.75, 3.05) is 41.0 Å². The van der Waals surface area contributed by atoms with E-state index in [0.29, 0.717) is 12.8 Å². The minimum absolute atomic E-state index is 0.0179. The highest BCUT2D eigenvalue weighted by Crippen LogP contribution is 2.16. The minimum Gasteiger partial charge on any atom is -0.544 e. The average Bonchev–Trinajstić information content (AvgIpc) is 3.19. The van der Waals surface area contributed by atoms with Gasteiger partial charge in [0.25, 0.3) is 0 Å². The van der Waals surface area contributed by atoms with Crippen LogP contribution in [0.4, 0.5) is 0 Å². The molecule has 0 aromatic rings. The van der Waals surface area contributed by atoms with Crippen LogP contribution >= 0.6 is 0 Å². The highest BCUT2D eigenvalue weighted by molar-refractivity contribution is 5.70. The molecule has 2 atom stereocenters. The van der Waals surface area contributed by atoms with Gasteiger partial charge in [0.2, 0.25) is 0 Å². The van der Waals surface area contributed by atoms with Crippen molar-refractivity contribution >= 4 is 17.9 Å². The van der Waals surface area contributed by atoms with Crippen LogP contribution in [-0.4, -0.2) is 75.5 Å². The van der Waals surface area contributed by atoms with Crippen molar-refractivity contribution in [3.63, 3.8) is 0 Å². The molecule has 59 heavy (non-hydrogen) atoms. The predicted molar refractivity (Wildman–Crippen MR) is 245 cm³/mol. The van der Waals surface area contributed by atoms with Gasteiger partial charge in [0.05, 0.1) is 40.3 Å². The number of nitrogens with zero attached hydrogens (tertiary/aromatic N) is 1. The number of likely N-dealkylation sites (N-methyl/N-ethyl adjacent to an activating group) is 1. The van der Waals surface area contributed by atoms with E-state index in [1.165, 1.54) is 122 Å². The monoisotopic (exact) mass is 828 g/mol. The molecule has 0 radical (unpaired) electrons. The van der Waals surface area contributed by atoms with Crippen molar-refractivity contribution < 1.29 is 38.2 Å². The van der Waals surface area contributed by atoms with Gasteiger partial charge in [0, 0.05) is 19.3 Å². The van der Waals surface area contributed by atoms with Crippen LogP contribution in [0.1, 0.15) is 194 Å². The minimum atomic E-state index is -1.13. The largest absolute Gasteiger partial charge is 0.544 e. The molecule has 0 spiro atoms. The van der Waals surface area contributed by atoms with E-state index in [1.54, 1.807) is 21.1 Å². The topological polar surface area (TPSA) is 102 Å². The first kappa shape index (κ1) is 56.0. The van der Waals surface area contributed by atoms with Crippen LogP contribution in [0, 0.1) is 0 Å². The molecule has 0 N–H and O–H groups in total. The lowest BCUT2D eigenvalue weighted by atomic mass is 10.0. The van der Waals surface area contributed by atoms with Crippen molar-refractivity contribution in [2.24, 2.45) is 0 Å². The van der Waals surface area contributed by atoms with Crippen LogP contribution < -0.4 is 5.11 Å². The Morgan fingerprint density at radius 3 is 1.39 bits per heavy atom. The maximum absolute atomic E-state index is 12.7. The van der Waals surface area contributed by atoms with Gasteiger partial charge in [-0.2, -0.15) is 0 Å². The molecule has 0 amide bonds. The Balaban J connectivity index is 4.28. The van der Waals surface area contributed by atoms with Gasteiger partial charge in [-0.15, -0.1) is 0 Å². The molecule has 2 unspecified atom stereocenters. The number of carboxylic acid groups (broad SMARTS) is 1. The van der Waals surface area contributed by atoms with E-state index >= 15 is 0 Å². The third kappa shape index (κ3) is 40.2. The lowest BCUT2D eigenvalue weighted by Gasteiger charge is -2.34. The fourth-order valence-electron chi connectivity index (χ4n) is 6.87. The Kier molecular flexibility index (Phi) is 39.6. The van der Waals surface area contributed by atoms with E-state index in [1.807, 2.05) is 54.7 Å². The van der Waals surface area contributed by atoms with Gasteiger partial charge in [0.15, 0.2) is 6.10 Å². The third-order valence-corrected chi connectivity index (χ3v) is 10.5. The molecule has 0 aliphatic carbocycles. The summed E-state index contributed by atoms with van der Waals surface area (Å²) in [7, 11) is 5.39. The van der Waals surface area contributed by atoms with Crippen molar-refractivity contribution in [3.05, 3.63) is 60.8 Å². The zero-order valence-corrected chi connectivity index (χ0v) is 38.7. The number of carbonyl (C=O) groups excluding carboxylic acids is 3. The molecule has 0 heterocycles. The average molecular weight is 828 g/mol. The number of unbranched alkanes of at least 4 members (excludes halogenated alkanes) is 22. The van der Waals surface area contributed by atoms with E-state index in [4.69, 9.17) is 14.2 Å². The number of ether oxygens (including phenoxy) is 3. The van der Waals surface area contributed by atoms with E-state index in [0.717, 1.165) is 32.1 Å². The van der Waals surface area contributed by atoms with E-state index in [9.17, 15) is 19.5 Å². The highest BCUT2D eigenvalue weighted by Gasteiger charge is 2.25. The Morgan fingerprint density at radius 2 is 0.949 bits per heavy atom. The Bertz CT molecular complexity index is 1150. The maximum Gasteiger partial charge on any atom is 0.306 e. The van der Waals surface area contributed by atoms with Crippen LogP contribution in [-0.2, 0) is 28.6 Å². The van der Waals surface area contributed by atoms with Crippen molar-refractivity contribution in [1.29, 1.82) is 0 Å². The standard InChI is InChI=1S/C51H89NO7/c1-6-8-10-12-14-16-18-20-21-22-23-24-25-26-27-28-30-32-34-36-38-40-42-50(54)59-47(45-57-44-43-48(51(55)56)52(3,4)5)46-58-49(53)41-39-37-35-33-31-29-19-17-15-13-11-9-7-2/h9,11,13,15,17,19,29,31,33,35,47-48H,6-8,10,12,14,16,18,20-28,30,32,34,36-46H2,1-5H3/b11-9+,15-13+,19-17+,31-29+,35-33+. The zero-order chi connectivity index (χ0) is 43.5. The summed E-state index contributed by atoms with van der Waals surface area (Å²) in [4.78, 5) is 36.9. The number of quaternary nitrogens is 1. The Labute approximate surface area is 362 Å². The van der Waals surface area contributed by atoms with Crippen LogP contribution in [0.15, 0.2) is 60.8 Å². The van der Waals surface area contributed by atoms with E-state index in [-0.39, 0.29) is 49.1 Å². The smallest absolute Gasteiger partial charge is 0.306 e. The number of aliphatic carboxylic acids is 1. The highest BCUT2D eigenvalue weighted by atomic mass is 16.6. The van der Waals surface area contributed by atoms with Crippen LogP contribution in [0.5, 0.6) is 0 Å². The van der Waals surface area contributed by atoms with Crippen molar-refractivity contribution in [2.45, 2.75) is 206 Å². The quantitative estimate of drug-likeness (QED) is 0.0261. The lowest BCUT2D eigenvalue weighted by Crippen LogP contribution is -2.55. The number of allylic oxidation sites excluding steroid dienone is 10. The first-order valence-corrected chi connectivity index (χ1v) is 23.9. The first-order chi connectivity index (χ1) is 28.6. The number of carboxylic acids is 1. The zero-order valence-electron chi connectivity index (χ0n) is 38.7. The molecule has 0 aromatic carbocycles. The molecule has 0 rings (SSSR count). The normalized spacial score (nSPS) is 13.4. The molecule has 8 heteroatoms. The number of carbonyl (C=O) groups is 3. The molecule has 0 bridgehead atoms. The summed E-state index contributed by atoms with van der Waals surface area (Å²) >= 11 is 0.